The molecule has 0 heterocycles. The van der Waals surface area contributed by atoms with Crippen LogP contribution in [0.4, 0.5) is 0 Å². The molecule has 0 radical (unpaired) electrons. The molecular formula is C12H25NO. The zero-order valence-corrected chi connectivity index (χ0v) is 10.0. The fraction of sp³-hybridized carbons (Fsp3) is 1.00. The predicted octanol–water partition coefficient (Wildman–Crippen LogP) is 2.12. The fourth-order valence-corrected chi connectivity index (χ4v) is 3.03. The van der Waals surface area contributed by atoms with Crippen molar-refractivity contribution in [3.8, 4) is 0 Å². The number of hydrogen-bond acceptors (Lipinski definition) is 2. The van der Waals surface area contributed by atoms with Crippen molar-refractivity contribution in [2.24, 2.45) is 11.8 Å². The van der Waals surface area contributed by atoms with Crippen LogP contribution >= 0.6 is 0 Å². The van der Waals surface area contributed by atoms with E-state index >= 15 is 0 Å². The van der Waals surface area contributed by atoms with Crippen LogP contribution in [0, 0.1) is 11.8 Å². The fourth-order valence-electron chi connectivity index (χ4n) is 3.03. The lowest BCUT2D eigenvalue weighted by molar-refractivity contribution is -0.0138. The number of aliphatic hydroxyl groups excluding tert-OH is 1. The van der Waals surface area contributed by atoms with Crippen LogP contribution in [0.2, 0.25) is 0 Å². The van der Waals surface area contributed by atoms with Gasteiger partial charge in [0, 0.05) is 6.04 Å². The molecule has 84 valence electrons. The van der Waals surface area contributed by atoms with Gasteiger partial charge in [0.1, 0.15) is 0 Å². The van der Waals surface area contributed by atoms with Crippen molar-refractivity contribution in [3.05, 3.63) is 0 Å². The Kier molecular flexibility index (Phi) is 4.39. The molecule has 0 amide bonds. The van der Waals surface area contributed by atoms with Crippen LogP contribution in [0.1, 0.15) is 40.0 Å². The van der Waals surface area contributed by atoms with Gasteiger partial charge in [0.05, 0.1) is 6.10 Å². The molecule has 0 spiro atoms. The Balaban J connectivity index is 2.57. The molecular weight excluding hydrogens is 174 g/mol. The van der Waals surface area contributed by atoms with E-state index < -0.39 is 0 Å². The second-order valence-corrected chi connectivity index (χ2v) is 5.09. The lowest BCUT2D eigenvalue weighted by Gasteiger charge is -2.42. The van der Waals surface area contributed by atoms with Gasteiger partial charge in [0.15, 0.2) is 0 Å². The number of aliphatic hydroxyl groups is 1. The number of nitrogens with zero attached hydrogens (tertiary/aromatic N) is 1. The van der Waals surface area contributed by atoms with Crippen LogP contribution in [0.5, 0.6) is 0 Å². The first-order valence-electron chi connectivity index (χ1n) is 5.94. The van der Waals surface area contributed by atoms with Crippen LogP contribution in [0.3, 0.4) is 0 Å². The van der Waals surface area contributed by atoms with E-state index in [4.69, 9.17) is 0 Å². The molecule has 14 heavy (non-hydrogen) atoms. The first kappa shape index (κ1) is 12.0. The molecule has 1 aliphatic carbocycles. The maximum absolute atomic E-state index is 10.1. The largest absolute Gasteiger partial charge is 0.391 e. The van der Waals surface area contributed by atoms with Gasteiger partial charge in [0.25, 0.3) is 0 Å². The summed E-state index contributed by atoms with van der Waals surface area (Å²) >= 11 is 0. The van der Waals surface area contributed by atoms with Crippen molar-refractivity contribution < 1.29 is 5.11 Å². The van der Waals surface area contributed by atoms with Gasteiger partial charge in [-0.15, -0.1) is 0 Å². The molecule has 2 heteroatoms. The first-order chi connectivity index (χ1) is 6.56. The Morgan fingerprint density at radius 2 is 1.93 bits per heavy atom. The van der Waals surface area contributed by atoms with Crippen molar-refractivity contribution in [3.63, 3.8) is 0 Å². The molecule has 1 rings (SSSR count). The summed E-state index contributed by atoms with van der Waals surface area (Å²) in [7, 11) is 2.14. The highest BCUT2D eigenvalue weighted by molar-refractivity contribution is 4.88. The van der Waals surface area contributed by atoms with Crippen LogP contribution in [0.25, 0.3) is 0 Å². The smallest absolute Gasteiger partial charge is 0.0700 e. The molecule has 4 unspecified atom stereocenters. The van der Waals surface area contributed by atoms with Gasteiger partial charge in [-0.1, -0.05) is 20.8 Å². The number of hydrogen-bond donors (Lipinski definition) is 1. The highest BCUT2D eigenvalue weighted by Gasteiger charge is 2.34. The Morgan fingerprint density at radius 3 is 2.43 bits per heavy atom. The van der Waals surface area contributed by atoms with Crippen LogP contribution in [-0.2, 0) is 0 Å². The minimum absolute atomic E-state index is 0.120. The minimum atomic E-state index is -0.120. The second-order valence-electron chi connectivity index (χ2n) is 5.09. The monoisotopic (exact) mass is 199 g/mol. The lowest BCUT2D eigenvalue weighted by Crippen LogP contribution is -2.49. The molecule has 0 aromatic carbocycles. The third-order valence-corrected chi connectivity index (χ3v) is 3.48. The standard InChI is InChI=1S/C12H25NO/c1-5-6-13(4)12-10(3)7-9(2)8-11(12)14/h9-12,14H,5-8H2,1-4H3. The van der Waals surface area contributed by atoms with Crippen molar-refractivity contribution >= 4 is 0 Å². The van der Waals surface area contributed by atoms with Gasteiger partial charge >= 0.3 is 0 Å². The van der Waals surface area contributed by atoms with E-state index in [0.717, 1.165) is 13.0 Å². The molecule has 0 bridgehead atoms. The van der Waals surface area contributed by atoms with Crippen LogP contribution < -0.4 is 0 Å². The van der Waals surface area contributed by atoms with Gasteiger partial charge in [-0.05, 0) is 44.7 Å². The van der Waals surface area contributed by atoms with E-state index in [-0.39, 0.29) is 6.10 Å². The summed E-state index contributed by atoms with van der Waals surface area (Å²) in [6.07, 6.45) is 3.28. The summed E-state index contributed by atoms with van der Waals surface area (Å²) in [6, 6.07) is 0.381. The summed E-state index contributed by atoms with van der Waals surface area (Å²) in [5.74, 6) is 1.32. The molecule has 4 atom stereocenters. The quantitative estimate of drug-likeness (QED) is 0.752. The minimum Gasteiger partial charge on any atom is -0.391 e. The van der Waals surface area contributed by atoms with Gasteiger partial charge in [-0.25, -0.2) is 0 Å². The van der Waals surface area contributed by atoms with Crippen molar-refractivity contribution in [1.82, 2.24) is 4.90 Å². The maximum atomic E-state index is 10.1. The Labute approximate surface area is 88.3 Å². The van der Waals surface area contributed by atoms with E-state index in [1.54, 1.807) is 0 Å². The summed E-state index contributed by atoms with van der Waals surface area (Å²) in [6.45, 7) is 7.81. The molecule has 1 N–H and O–H groups in total. The first-order valence-corrected chi connectivity index (χ1v) is 5.94. The average Bonchev–Trinajstić information content (AvgIpc) is 2.01. The van der Waals surface area contributed by atoms with Crippen molar-refractivity contribution in [2.75, 3.05) is 13.6 Å². The zero-order chi connectivity index (χ0) is 10.7. The summed E-state index contributed by atoms with van der Waals surface area (Å²) in [5, 5.41) is 10.1. The third kappa shape index (κ3) is 2.71. The van der Waals surface area contributed by atoms with Gasteiger partial charge < -0.3 is 10.0 Å². The number of likely N-dealkylation sites (N-methyl/N-ethyl adjacent to an activating group) is 1. The Hall–Kier alpha value is -0.0800. The van der Waals surface area contributed by atoms with E-state index in [1.807, 2.05) is 0 Å². The van der Waals surface area contributed by atoms with Gasteiger partial charge in [0.2, 0.25) is 0 Å². The highest BCUT2D eigenvalue weighted by atomic mass is 16.3. The molecule has 1 saturated carbocycles. The van der Waals surface area contributed by atoms with Gasteiger partial charge in [-0.3, -0.25) is 0 Å². The molecule has 1 fully saturated rings. The summed E-state index contributed by atoms with van der Waals surface area (Å²) < 4.78 is 0. The lowest BCUT2D eigenvalue weighted by atomic mass is 9.77. The highest BCUT2D eigenvalue weighted by Crippen LogP contribution is 2.31. The second kappa shape index (κ2) is 5.13. The van der Waals surface area contributed by atoms with Crippen LogP contribution in [0.15, 0.2) is 0 Å². The Morgan fingerprint density at radius 1 is 1.29 bits per heavy atom. The van der Waals surface area contributed by atoms with Crippen molar-refractivity contribution in [1.29, 1.82) is 0 Å². The third-order valence-electron chi connectivity index (χ3n) is 3.48. The molecule has 2 nitrogen and oxygen atoms in total. The summed E-state index contributed by atoms with van der Waals surface area (Å²) in [5.41, 5.74) is 0. The van der Waals surface area contributed by atoms with Gasteiger partial charge in [-0.2, -0.15) is 0 Å². The van der Waals surface area contributed by atoms with E-state index in [2.05, 4.69) is 32.7 Å². The zero-order valence-electron chi connectivity index (χ0n) is 10.0. The van der Waals surface area contributed by atoms with Crippen LogP contribution in [-0.4, -0.2) is 35.7 Å². The average molecular weight is 199 g/mol. The van der Waals surface area contributed by atoms with E-state index in [1.165, 1.54) is 12.8 Å². The number of rotatable bonds is 3. The molecule has 0 aromatic heterocycles. The van der Waals surface area contributed by atoms with Crippen molar-refractivity contribution in [2.45, 2.75) is 52.2 Å². The molecule has 1 aliphatic rings. The molecule has 0 saturated heterocycles. The normalized spacial score (nSPS) is 39.0. The topological polar surface area (TPSA) is 23.5 Å². The molecule has 0 aromatic rings. The predicted molar refractivity (Wildman–Crippen MR) is 60.3 cm³/mol. The summed E-state index contributed by atoms with van der Waals surface area (Å²) in [4.78, 5) is 2.33. The maximum Gasteiger partial charge on any atom is 0.0700 e. The van der Waals surface area contributed by atoms with E-state index in [9.17, 15) is 5.11 Å². The SMILES string of the molecule is CCCN(C)C1C(C)CC(C)CC1O. The van der Waals surface area contributed by atoms with E-state index in [0.29, 0.717) is 17.9 Å². The molecule has 0 aliphatic heterocycles. The Bertz CT molecular complexity index is 154.